The predicted octanol–water partition coefficient (Wildman–Crippen LogP) is 5.57. The van der Waals surface area contributed by atoms with Gasteiger partial charge < -0.3 is 9.32 Å². The lowest BCUT2D eigenvalue weighted by atomic mass is 9.98. The predicted molar refractivity (Wildman–Crippen MR) is 116 cm³/mol. The molecule has 0 fully saturated rings. The summed E-state index contributed by atoms with van der Waals surface area (Å²) in [6.07, 6.45) is 3.58. The molecule has 1 aromatic carbocycles. The van der Waals surface area contributed by atoms with Crippen molar-refractivity contribution >= 4 is 28.6 Å². The van der Waals surface area contributed by atoms with Crippen molar-refractivity contribution < 1.29 is 9.21 Å². The van der Waals surface area contributed by atoms with Gasteiger partial charge in [0, 0.05) is 34.7 Å². The summed E-state index contributed by atoms with van der Waals surface area (Å²) in [5, 5.41) is 4.22. The van der Waals surface area contributed by atoms with E-state index in [0.29, 0.717) is 18.7 Å². The molecule has 1 amide bonds. The van der Waals surface area contributed by atoms with Crippen molar-refractivity contribution in [3.05, 3.63) is 86.7 Å². The van der Waals surface area contributed by atoms with Gasteiger partial charge >= 0.3 is 0 Å². The van der Waals surface area contributed by atoms with Crippen LogP contribution >= 0.6 is 22.7 Å². The quantitative estimate of drug-likeness (QED) is 0.424. The molecule has 5 rings (SSSR count). The van der Waals surface area contributed by atoms with Gasteiger partial charge in [0.2, 0.25) is 5.91 Å². The van der Waals surface area contributed by atoms with Crippen LogP contribution in [-0.2, 0) is 17.6 Å². The lowest BCUT2D eigenvalue weighted by Crippen LogP contribution is -2.39. The summed E-state index contributed by atoms with van der Waals surface area (Å²) in [5.41, 5.74) is 2.27. The van der Waals surface area contributed by atoms with Crippen LogP contribution in [0.1, 0.15) is 33.7 Å². The zero-order valence-corrected chi connectivity index (χ0v) is 17.4. The molecule has 0 N–H and O–H groups in total. The molecule has 0 spiro atoms. The molecule has 1 unspecified atom stereocenters. The second-order valence-electron chi connectivity index (χ2n) is 7.04. The Morgan fingerprint density at radius 3 is 2.83 bits per heavy atom. The molecule has 0 saturated carbocycles. The molecule has 1 aliphatic heterocycles. The van der Waals surface area contributed by atoms with E-state index < -0.39 is 0 Å². The topological polar surface area (TPSA) is 46.3 Å². The van der Waals surface area contributed by atoms with Gasteiger partial charge in [-0.3, -0.25) is 4.79 Å². The number of fused-ring (bicyclic) bond motifs is 1. The molecule has 4 nitrogen and oxygen atoms in total. The maximum atomic E-state index is 13.2. The summed E-state index contributed by atoms with van der Waals surface area (Å²) in [6, 6.07) is 16.3. The molecule has 0 saturated heterocycles. The van der Waals surface area contributed by atoms with Gasteiger partial charge in [0.15, 0.2) is 11.7 Å². The molecule has 1 aliphatic rings. The van der Waals surface area contributed by atoms with Crippen molar-refractivity contribution in [2.75, 3.05) is 6.54 Å². The SMILES string of the molecule is O=C(CCc1ncc(-c2ccccc2)o1)N1CCc2sccc2C1c1cccs1. The Bertz CT molecular complexity index is 1100. The monoisotopic (exact) mass is 420 g/mol. The van der Waals surface area contributed by atoms with Crippen LogP contribution in [0.2, 0.25) is 0 Å². The Morgan fingerprint density at radius 1 is 1.10 bits per heavy atom. The first-order valence-corrected chi connectivity index (χ1v) is 11.4. The number of aromatic nitrogens is 1. The number of carbonyl (C=O) groups excluding carboxylic acids is 1. The molecular weight excluding hydrogens is 400 g/mol. The first-order valence-electron chi connectivity index (χ1n) is 9.69. The fourth-order valence-corrected chi connectivity index (χ4v) is 5.62. The van der Waals surface area contributed by atoms with Crippen LogP contribution in [0.4, 0.5) is 0 Å². The van der Waals surface area contributed by atoms with Gasteiger partial charge in [-0.2, -0.15) is 0 Å². The smallest absolute Gasteiger partial charge is 0.223 e. The third kappa shape index (κ3) is 3.66. The minimum atomic E-state index is 0.0296. The van der Waals surface area contributed by atoms with Crippen LogP contribution in [0.25, 0.3) is 11.3 Å². The number of benzene rings is 1. The molecular formula is C23H20N2O2S2. The van der Waals surface area contributed by atoms with E-state index in [4.69, 9.17) is 4.42 Å². The first-order chi connectivity index (χ1) is 14.3. The number of thiophene rings is 2. The number of aryl methyl sites for hydroxylation is 1. The van der Waals surface area contributed by atoms with E-state index in [1.165, 1.54) is 15.3 Å². The van der Waals surface area contributed by atoms with E-state index in [2.05, 4.69) is 33.9 Å². The number of rotatable bonds is 5. The molecule has 29 heavy (non-hydrogen) atoms. The summed E-state index contributed by atoms with van der Waals surface area (Å²) >= 11 is 3.51. The number of hydrogen-bond acceptors (Lipinski definition) is 5. The maximum Gasteiger partial charge on any atom is 0.223 e. The largest absolute Gasteiger partial charge is 0.441 e. The Balaban J connectivity index is 1.31. The van der Waals surface area contributed by atoms with Crippen LogP contribution in [-0.4, -0.2) is 22.3 Å². The van der Waals surface area contributed by atoms with Gasteiger partial charge in [-0.05, 0) is 34.9 Å². The fourth-order valence-electron chi connectivity index (χ4n) is 3.86. The van der Waals surface area contributed by atoms with Crippen LogP contribution in [0.15, 0.2) is 69.9 Å². The Morgan fingerprint density at radius 2 is 2.00 bits per heavy atom. The van der Waals surface area contributed by atoms with Crippen LogP contribution in [0.5, 0.6) is 0 Å². The molecule has 4 heterocycles. The average Bonchev–Trinajstić information content (AvgIpc) is 3.53. The van der Waals surface area contributed by atoms with E-state index in [0.717, 1.165) is 24.3 Å². The summed E-state index contributed by atoms with van der Waals surface area (Å²) < 4.78 is 5.87. The zero-order valence-electron chi connectivity index (χ0n) is 15.8. The highest BCUT2D eigenvalue weighted by molar-refractivity contribution is 7.10. The maximum absolute atomic E-state index is 13.2. The lowest BCUT2D eigenvalue weighted by molar-refractivity contribution is -0.133. The zero-order chi connectivity index (χ0) is 19.6. The molecule has 4 aromatic rings. The average molecular weight is 421 g/mol. The van der Waals surface area contributed by atoms with Crippen LogP contribution in [0, 0.1) is 0 Å². The van der Waals surface area contributed by atoms with Crippen molar-refractivity contribution in [3.8, 4) is 11.3 Å². The third-order valence-corrected chi connectivity index (χ3v) is 7.18. The molecule has 0 bridgehead atoms. The number of carbonyl (C=O) groups is 1. The number of hydrogen-bond donors (Lipinski definition) is 0. The number of oxazole rings is 1. The van der Waals surface area contributed by atoms with Gasteiger partial charge in [-0.1, -0.05) is 36.4 Å². The van der Waals surface area contributed by atoms with E-state index in [1.54, 1.807) is 28.9 Å². The molecule has 0 aliphatic carbocycles. The van der Waals surface area contributed by atoms with E-state index >= 15 is 0 Å². The highest BCUT2D eigenvalue weighted by atomic mass is 32.1. The third-order valence-electron chi connectivity index (χ3n) is 5.26. The standard InChI is InChI=1S/C23H20N2O2S2/c26-22(9-8-21-24-15-18(27-21)16-5-2-1-3-6-16)25-12-10-19-17(11-14-29-19)23(25)20-7-4-13-28-20/h1-7,11,13-15,23H,8-10,12H2. The van der Waals surface area contributed by atoms with Gasteiger partial charge in [-0.25, -0.2) is 4.98 Å². The van der Waals surface area contributed by atoms with Crippen molar-refractivity contribution in [2.45, 2.75) is 25.3 Å². The lowest BCUT2D eigenvalue weighted by Gasteiger charge is -2.35. The summed E-state index contributed by atoms with van der Waals surface area (Å²) in [4.78, 5) is 22.2. The normalized spacial score (nSPS) is 16.0. The second kappa shape index (κ2) is 7.97. The molecule has 3 aromatic heterocycles. The Labute approximate surface area is 177 Å². The molecule has 146 valence electrons. The Hall–Kier alpha value is -2.70. The van der Waals surface area contributed by atoms with Gasteiger partial charge in [0.1, 0.15) is 0 Å². The first kappa shape index (κ1) is 18.3. The minimum Gasteiger partial charge on any atom is -0.441 e. The minimum absolute atomic E-state index is 0.0296. The van der Waals surface area contributed by atoms with E-state index in [9.17, 15) is 4.79 Å². The summed E-state index contributed by atoms with van der Waals surface area (Å²) in [6.45, 7) is 0.760. The van der Waals surface area contributed by atoms with Crippen molar-refractivity contribution in [1.29, 1.82) is 0 Å². The Kier molecular flexibility index (Phi) is 5.04. The van der Waals surface area contributed by atoms with Gasteiger partial charge in [0.05, 0.1) is 12.2 Å². The van der Waals surface area contributed by atoms with Gasteiger partial charge in [-0.15, -0.1) is 22.7 Å². The summed E-state index contributed by atoms with van der Waals surface area (Å²) in [5.74, 6) is 1.50. The number of nitrogens with zero attached hydrogens (tertiary/aromatic N) is 2. The van der Waals surface area contributed by atoms with E-state index in [1.807, 2.05) is 35.2 Å². The van der Waals surface area contributed by atoms with Crippen LogP contribution < -0.4 is 0 Å². The van der Waals surface area contributed by atoms with Crippen LogP contribution in [0.3, 0.4) is 0 Å². The summed E-state index contributed by atoms with van der Waals surface area (Å²) in [7, 11) is 0. The van der Waals surface area contributed by atoms with E-state index in [-0.39, 0.29) is 11.9 Å². The molecule has 1 atom stereocenters. The fraction of sp³-hybridized carbons (Fsp3) is 0.217. The number of amides is 1. The van der Waals surface area contributed by atoms with Crippen molar-refractivity contribution in [3.63, 3.8) is 0 Å². The molecule has 0 radical (unpaired) electrons. The molecule has 6 heteroatoms. The second-order valence-corrected chi connectivity index (χ2v) is 9.02. The van der Waals surface area contributed by atoms with Gasteiger partial charge in [0.25, 0.3) is 0 Å². The van der Waals surface area contributed by atoms with Crippen molar-refractivity contribution in [2.24, 2.45) is 0 Å². The van der Waals surface area contributed by atoms with Crippen molar-refractivity contribution in [1.82, 2.24) is 9.88 Å². The highest BCUT2D eigenvalue weighted by Gasteiger charge is 2.33. The highest BCUT2D eigenvalue weighted by Crippen LogP contribution is 2.39.